The first-order valence-corrected chi connectivity index (χ1v) is 20.1. The first-order valence-electron chi connectivity index (χ1n) is 13.9. The Morgan fingerprint density at radius 1 is 0.725 bits per heavy atom. The van der Waals surface area contributed by atoms with Gasteiger partial charge in [-0.15, -0.1) is 0 Å². The Hall–Kier alpha value is -1.76. The minimum atomic E-state index is -1.89. The number of nitrogens with zero attached hydrogens (tertiary/aromatic N) is 3. The Morgan fingerprint density at radius 3 is 1.70 bits per heavy atom. The Balaban J connectivity index is 3.54. The van der Waals surface area contributed by atoms with Crippen molar-refractivity contribution in [2.75, 3.05) is 85.7 Å². The van der Waals surface area contributed by atoms with Crippen molar-refractivity contribution in [3.05, 3.63) is 10.4 Å². The molecule has 0 spiro atoms. The standard InChI is InChI=1S/C24H51N5O9Si2/c1-39(2,38-40(3,4)22-6-8-27-24(31)32)21-5-7-23(30)26-9-11-33-13-15-35-17-19-37-20-18-36-16-14-34-12-10-28-29-25/h27H,5-22H2,1-4H3,(H,26,30)(H,31,32). The van der Waals surface area contributed by atoms with Crippen LogP contribution in [-0.4, -0.2) is 119 Å². The number of amides is 2. The summed E-state index contributed by atoms with van der Waals surface area (Å²) in [7, 11) is -3.76. The number of nitrogens with one attached hydrogen (secondary N) is 2. The Labute approximate surface area is 240 Å². The van der Waals surface area contributed by atoms with Crippen LogP contribution in [0, 0.1) is 0 Å². The zero-order valence-corrected chi connectivity index (χ0v) is 26.8. The summed E-state index contributed by atoms with van der Waals surface area (Å²) in [6, 6.07) is 1.81. The fourth-order valence-corrected chi connectivity index (χ4v) is 12.6. The van der Waals surface area contributed by atoms with E-state index in [-0.39, 0.29) is 5.91 Å². The third kappa shape index (κ3) is 27.8. The van der Waals surface area contributed by atoms with Crippen molar-refractivity contribution in [3.63, 3.8) is 0 Å². The van der Waals surface area contributed by atoms with E-state index in [0.717, 1.165) is 24.9 Å². The van der Waals surface area contributed by atoms with Gasteiger partial charge in [0.1, 0.15) is 0 Å². The normalized spacial score (nSPS) is 11.7. The van der Waals surface area contributed by atoms with Gasteiger partial charge in [-0.05, 0) is 56.6 Å². The molecule has 0 saturated heterocycles. The summed E-state index contributed by atoms with van der Waals surface area (Å²) in [5.74, 6) is 0.0138. The number of carboxylic acid groups (broad SMARTS) is 1. The van der Waals surface area contributed by atoms with Gasteiger partial charge in [0.15, 0.2) is 16.6 Å². The second kappa shape index (κ2) is 25.0. The van der Waals surface area contributed by atoms with Crippen molar-refractivity contribution in [2.24, 2.45) is 5.11 Å². The molecule has 40 heavy (non-hydrogen) atoms. The highest BCUT2D eigenvalue weighted by molar-refractivity contribution is 6.84. The maximum Gasteiger partial charge on any atom is 0.404 e. The van der Waals surface area contributed by atoms with Gasteiger partial charge in [0.05, 0.1) is 66.1 Å². The molecular formula is C24H51N5O9Si2. The minimum absolute atomic E-state index is 0.0138. The largest absolute Gasteiger partial charge is 0.465 e. The fourth-order valence-electron chi connectivity index (χ4n) is 3.72. The molecular weight excluding hydrogens is 558 g/mol. The molecule has 0 rings (SSSR count). The van der Waals surface area contributed by atoms with Crippen LogP contribution in [0.25, 0.3) is 10.4 Å². The highest BCUT2D eigenvalue weighted by atomic mass is 28.4. The van der Waals surface area contributed by atoms with Crippen LogP contribution < -0.4 is 10.6 Å². The predicted molar refractivity (Wildman–Crippen MR) is 157 cm³/mol. The predicted octanol–water partition coefficient (Wildman–Crippen LogP) is 3.36. The molecule has 0 heterocycles. The van der Waals surface area contributed by atoms with Crippen LogP contribution in [0.15, 0.2) is 5.11 Å². The van der Waals surface area contributed by atoms with Gasteiger partial charge in [-0.1, -0.05) is 5.11 Å². The molecule has 2 amide bonds. The van der Waals surface area contributed by atoms with E-state index in [2.05, 4.69) is 46.8 Å². The molecule has 0 bridgehead atoms. The van der Waals surface area contributed by atoms with Gasteiger partial charge in [0.2, 0.25) is 5.91 Å². The van der Waals surface area contributed by atoms with Crippen LogP contribution in [0.2, 0.25) is 38.3 Å². The lowest BCUT2D eigenvalue weighted by Gasteiger charge is -2.34. The number of ether oxygens (including phenoxy) is 5. The molecule has 0 unspecified atom stereocenters. The first kappa shape index (κ1) is 38.2. The quantitative estimate of drug-likeness (QED) is 0.0394. The Bertz CT molecular complexity index is 714. The number of hydrogen-bond acceptors (Lipinski definition) is 9. The summed E-state index contributed by atoms with van der Waals surface area (Å²) in [5.41, 5.74) is 8.13. The molecule has 0 aliphatic heterocycles. The Morgan fingerprint density at radius 2 is 1.20 bits per heavy atom. The van der Waals surface area contributed by atoms with Gasteiger partial charge in [0, 0.05) is 31.0 Å². The molecule has 0 aromatic heterocycles. The average molecular weight is 610 g/mol. The number of carbonyl (C=O) groups is 2. The molecule has 234 valence electrons. The van der Waals surface area contributed by atoms with Gasteiger partial charge in [-0.3, -0.25) is 4.79 Å². The zero-order valence-electron chi connectivity index (χ0n) is 24.8. The maximum atomic E-state index is 12.1. The molecule has 0 atom stereocenters. The molecule has 0 saturated carbocycles. The SMILES string of the molecule is C[Si](C)(CCCNC(=O)O)O[Si](C)(C)CCCC(=O)NCCOCCOCCOCCOCCOCCN=[N+]=[N-]. The van der Waals surface area contributed by atoms with Crippen LogP contribution >= 0.6 is 0 Å². The molecule has 0 aromatic rings. The third-order valence-corrected chi connectivity index (χ3v) is 13.0. The van der Waals surface area contributed by atoms with Crippen LogP contribution in [0.1, 0.15) is 19.3 Å². The van der Waals surface area contributed by atoms with E-state index in [9.17, 15) is 9.59 Å². The summed E-state index contributed by atoms with van der Waals surface area (Å²) in [6.07, 6.45) is 1.03. The summed E-state index contributed by atoms with van der Waals surface area (Å²) >= 11 is 0. The van der Waals surface area contributed by atoms with Gasteiger partial charge in [0.25, 0.3) is 0 Å². The molecule has 0 aromatic carbocycles. The molecule has 16 heteroatoms. The smallest absolute Gasteiger partial charge is 0.404 e. The molecule has 0 aliphatic carbocycles. The fraction of sp³-hybridized carbons (Fsp3) is 0.917. The first-order chi connectivity index (χ1) is 19.1. The summed E-state index contributed by atoms with van der Waals surface area (Å²) in [6.45, 7) is 14.4. The van der Waals surface area contributed by atoms with Crippen molar-refractivity contribution in [3.8, 4) is 0 Å². The molecule has 0 fully saturated rings. The van der Waals surface area contributed by atoms with Crippen molar-refractivity contribution >= 4 is 28.6 Å². The van der Waals surface area contributed by atoms with E-state index in [1.807, 2.05) is 0 Å². The molecule has 3 N–H and O–H groups in total. The Kier molecular flexibility index (Phi) is 23.9. The lowest BCUT2D eigenvalue weighted by molar-refractivity contribution is -0.121. The third-order valence-electron chi connectivity index (χ3n) is 5.42. The highest BCUT2D eigenvalue weighted by Crippen LogP contribution is 2.24. The molecule has 0 radical (unpaired) electrons. The number of azide groups is 1. The summed E-state index contributed by atoms with van der Waals surface area (Å²) in [4.78, 5) is 25.3. The summed E-state index contributed by atoms with van der Waals surface area (Å²) in [5, 5.41) is 17.3. The van der Waals surface area contributed by atoms with E-state index in [4.69, 9.17) is 38.4 Å². The van der Waals surface area contributed by atoms with Crippen LogP contribution in [-0.2, 0) is 32.6 Å². The second-order valence-electron chi connectivity index (χ2n) is 10.2. The maximum absolute atomic E-state index is 12.1. The topological polar surface area (TPSA) is 183 Å². The van der Waals surface area contributed by atoms with Crippen molar-refractivity contribution in [2.45, 2.75) is 57.5 Å². The number of carbonyl (C=O) groups excluding carboxylic acids is 1. The monoisotopic (exact) mass is 609 g/mol. The van der Waals surface area contributed by atoms with Crippen LogP contribution in [0.5, 0.6) is 0 Å². The van der Waals surface area contributed by atoms with Gasteiger partial charge in [-0.2, -0.15) is 0 Å². The van der Waals surface area contributed by atoms with E-state index in [1.54, 1.807) is 0 Å². The molecule has 14 nitrogen and oxygen atoms in total. The van der Waals surface area contributed by atoms with E-state index in [1.165, 1.54) is 0 Å². The zero-order chi connectivity index (χ0) is 30.0. The minimum Gasteiger partial charge on any atom is -0.465 e. The average Bonchev–Trinajstić information content (AvgIpc) is 2.87. The van der Waals surface area contributed by atoms with Crippen molar-refractivity contribution in [1.82, 2.24) is 10.6 Å². The number of hydrogen-bond donors (Lipinski definition) is 3. The van der Waals surface area contributed by atoms with Crippen molar-refractivity contribution in [1.29, 1.82) is 0 Å². The van der Waals surface area contributed by atoms with Crippen LogP contribution in [0.4, 0.5) is 4.79 Å². The van der Waals surface area contributed by atoms with Crippen LogP contribution in [0.3, 0.4) is 0 Å². The van der Waals surface area contributed by atoms with E-state index in [0.29, 0.717) is 92.1 Å². The van der Waals surface area contributed by atoms with Gasteiger partial charge < -0.3 is 43.5 Å². The van der Waals surface area contributed by atoms with E-state index < -0.39 is 22.7 Å². The second-order valence-corrected chi connectivity index (χ2v) is 19.0. The molecule has 0 aliphatic rings. The summed E-state index contributed by atoms with van der Waals surface area (Å²) < 4.78 is 33.4. The van der Waals surface area contributed by atoms with E-state index >= 15 is 0 Å². The highest BCUT2D eigenvalue weighted by Gasteiger charge is 2.32. The lowest BCUT2D eigenvalue weighted by Crippen LogP contribution is -2.44. The van der Waals surface area contributed by atoms with Crippen molar-refractivity contribution < 1.29 is 42.5 Å². The van der Waals surface area contributed by atoms with Gasteiger partial charge in [-0.25, -0.2) is 4.79 Å². The lowest BCUT2D eigenvalue weighted by atomic mass is 10.3. The number of rotatable bonds is 28. The van der Waals surface area contributed by atoms with Gasteiger partial charge >= 0.3 is 6.09 Å².